The van der Waals surface area contributed by atoms with Crippen molar-refractivity contribution in [2.24, 2.45) is 0 Å². The molecule has 0 saturated heterocycles. The van der Waals surface area contributed by atoms with Crippen LogP contribution in [0, 0.1) is 6.92 Å². The molecule has 0 atom stereocenters. The standard InChI is InChI=1S/C18H17NO6/c1-10-13(17(21)22)8-11-6-4-5-7-12(11)16(10)19-14(18(23)25-3)9-15(20)24-2/h4-9,19H,1-3H3,(H,21,22)/b14-9+. The number of carboxylic acid groups (broad SMARTS) is 1. The molecule has 2 aromatic carbocycles. The van der Waals surface area contributed by atoms with E-state index in [2.05, 4.69) is 14.8 Å². The lowest BCUT2D eigenvalue weighted by molar-refractivity contribution is -0.138. The third-order valence-electron chi connectivity index (χ3n) is 3.67. The molecule has 130 valence electrons. The molecule has 0 unspecified atom stereocenters. The molecule has 7 nitrogen and oxygen atoms in total. The van der Waals surface area contributed by atoms with Gasteiger partial charge in [-0.1, -0.05) is 24.3 Å². The Morgan fingerprint density at radius 2 is 1.80 bits per heavy atom. The van der Waals surface area contributed by atoms with E-state index in [1.54, 1.807) is 37.3 Å². The number of fused-ring (bicyclic) bond motifs is 1. The van der Waals surface area contributed by atoms with Gasteiger partial charge in [-0.3, -0.25) is 0 Å². The molecule has 0 aromatic heterocycles. The van der Waals surface area contributed by atoms with E-state index in [0.29, 0.717) is 22.0 Å². The van der Waals surface area contributed by atoms with Crippen LogP contribution in [0.4, 0.5) is 5.69 Å². The zero-order chi connectivity index (χ0) is 18.6. The van der Waals surface area contributed by atoms with Crippen molar-refractivity contribution in [3.8, 4) is 0 Å². The second-order valence-electron chi connectivity index (χ2n) is 5.15. The summed E-state index contributed by atoms with van der Waals surface area (Å²) in [6, 6.07) is 8.66. The molecule has 0 heterocycles. The number of hydrogen-bond acceptors (Lipinski definition) is 6. The molecule has 0 saturated carbocycles. The molecule has 25 heavy (non-hydrogen) atoms. The maximum absolute atomic E-state index is 12.0. The Bertz CT molecular complexity index is 885. The summed E-state index contributed by atoms with van der Waals surface area (Å²) in [6.45, 7) is 1.62. The van der Waals surface area contributed by atoms with E-state index in [1.165, 1.54) is 14.2 Å². The summed E-state index contributed by atoms with van der Waals surface area (Å²) in [6.07, 6.45) is 0.952. The van der Waals surface area contributed by atoms with Gasteiger partial charge in [-0.25, -0.2) is 14.4 Å². The zero-order valence-electron chi connectivity index (χ0n) is 14.0. The summed E-state index contributed by atoms with van der Waals surface area (Å²) in [5, 5.41) is 13.6. The molecule has 0 aliphatic rings. The van der Waals surface area contributed by atoms with Crippen molar-refractivity contribution in [2.75, 3.05) is 19.5 Å². The Balaban J connectivity index is 2.67. The predicted octanol–water partition coefficient (Wildman–Crippen LogP) is 2.49. The summed E-state index contributed by atoms with van der Waals surface area (Å²) in [4.78, 5) is 35.0. The fraction of sp³-hybridized carbons (Fsp3) is 0.167. The van der Waals surface area contributed by atoms with E-state index < -0.39 is 17.9 Å². The number of carbonyl (C=O) groups excluding carboxylic acids is 2. The minimum absolute atomic E-state index is 0.0866. The third kappa shape index (κ3) is 3.77. The van der Waals surface area contributed by atoms with E-state index in [9.17, 15) is 19.5 Å². The van der Waals surface area contributed by atoms with Gasteiger partial charge in [0, 0.05) is 5.39 Å². The molecular weight excluding hydrogens is 326 g/mol. The predicted molar refractivity (Wildman–Crippen MR) is 91.4 cm³/mol. The van der Waals surface area contributed by atoms with Crippen LogP contribution in [-0.2, 0) is 19.1 Å². The Kier molecular flexibility index (Phi) is 5.38. The van der Waals surface area contributed by atoms with Crippen LogP contribution in [0.5, 0.6) is 0 Å². The van der Waals surface area contributed by atoms with Crippen LogP contribution in [0.15, 0.2) is 42.1 Å². The van der Waals surface area contributed by atoms with Crippen LogP contribution in [-0.4, -0.2) is 37.2 Å². The highest BCUT2D eigenvalue weighted by atomic mass is 16.5. The van der Waals surface area contributed by atoms with Gasteiger partial charge < -0.3 is 19.9 Å². The molecule has 0 bridgehead atoms. The van der Waals surface area contributed by atoms with E-state index in [-0.39, 0.29) is 11.3 Å². The summed E-state index contributed by atoms with van der Waals surface area (Å²) in [7, 11) is 2.35. The van der Waals surface area contributed by atoms with Crippen molar-refractivity contribution >= 4 is 34.4 Å². The number of benzene rings is 2. The van der Waals surface area contributed by atoms with Gasteiger partial charge in [0.15, 0.2) is 0 Å². The summed E-state index contributed by atoms with van der Waals surface area (Å²) in [5.74, 6) is -2.62. The first-order valence-corrected chi connectivity index (χ1v) is 7.29. The number of aromatic carboxylic acids is 1. The molecule has 0 radical (unpaired) electrons. The number of methoxy groups -OCH3 is 2. The van der Waals surface area contributed by atoms with Crippen molar-refractivity contribution < 1.29 is 29.0 Å². The Morgan fingerprint density at radius 3 is 2.40 bits per heavy atom. The smallest absolute Gasteiger partial charge is 0.354 e. The minimum Gasteiger partial charge on any atom is -0.478 e. The zero-order valence-corrected chi connectivity index (χ0v) is 14.0. The molecule has 2 N–H and O–H groups in total. The van der Waals surface area contributed by atoms with Gasteiger partial charge >= 0.3 is 17.9 Å². The van der Waals surface area contributed by atoms with Crippen LogP contribution in [0.3, 0.4) is 0 Å². The van der Waals surface area contributed by atoms with Gasteiger partial charge in [-0.05, 0) is 23.9 Å². The Labute approximate surface area is 143 Å². The third-order valence-corrected chi connectivity index (χ3v) is 3.67. The highest BCUT2D eigenvalue weighted by Gasteiger charge is 2.19. The van der Waals surface area contributed by atoms with E-state index >= 15 is 0 Å². The van der Waals surface area contributed by atoms with Gasteiger partial charge in [0.25, 0.3) is 0 Å². The lowest BCUT2D eigenvalue weighted by atomic mass is 9.98. The topological polar surface area (TPSA) is 102 Å². The number of ether oxygens (including phenoxy) is 2. The first-order valence-electron chi connectivity index (χ1n) is 7.29. The van der Waals surface area contributed by atoms with Crippen LogP contribution in [0.1, 0.15) is 15.9 Å². The number of anilines is 1. The van der Waals surface area contributed by atoms with Crippen LogP contribution >= 0.6 is 0 Å². The maximum Gasteiger partial charge on any atom is 0.354 e. The summed E-state index contributed by atoms with van der Waals surface area (Å²) < 4.78 is 9.20. The lowest BCUT2D eigenvalue weighted by Gasteiger charge is -2.16. The molecular formula is C18H17NO6. The van der Waals surface area contributed by atoms with E-state index in [0.717, 1.165) is 6.08 Å². The van der Waals surface area contributed by atoms with Crippen molar-refractivity contribution in [2.45, 2.75) is 6.92 Å². The molecule has 0 fully saturated rings. The van der Waals surface area contributed by atoms with Crippen molar-refractivity contribution in [3.05, 3.63) is 53.2 Å². The van der Waals surface area contributed by atoms with Gasteiger partial charge in [-0.2, -0.15) is 0 Å². The van der Waals surface area contributed by atoms with Crippen molar-refractivity contribution in [1.82, 2.24) is 0 Å². The highest BCUT2D eigenvalue weighted by molar-refractivity contribution is 6.06. The Morgan fingerprint density at radius 1 is 1.12 bits per heavy atom. The Hall–Kier alpha value is -3.35. The minimum atomic E-state index is -1.09. The van der Waals surface area contributed by atoms with E-state index in [4.69, 9.17) is 0 Å². The molecule has 2 rings (SSSR count). The average molecular weight is 343 g/mol. The fourth-order valence-corrected chi connectivity index (χ4v) is 2.40. The SMILES string of the molecule is COC(=O)/C=C(/Nc1c(C)c(C(=O)O)cc2ccccc12)C(=O)OC. The number of rotatable bonds is 5. The van der Waals surface area contributed by atoms with Gasteiger partial charge in [-0.15, -0.1) is 0 Å². The van der Waals surface area contributed by atoms with Gasteiger partial charge in [0.05, 0.1) is 31.5 Å². The number of hydrogen-bond donors (Lipinski definition) is 2. The van der Waals surface area contributed by atoms with Crippen LogP contribution < -0.4 is 5.32 Å². The molecule has 7 heteroatoms. The fourth-order valence-electron chi connectivity index (χ4n) is 2.40. The molecule has 0 aliphatic carbocycles. The van der Waals surface area contributed by atoms with Gasteiger partial charge in [0.1, 0.15) is 5.70 Å². The van der Waals surface area contributed by atoms with Crippen LogP contribution in [0.25, 0.3) is 10.8 Å². The summed E-state index contributed by atoms with van der Waals surface area (Å²) >= 11 is 0. The molecule has 0 amide bonds. The number of esters is 2. The number of carboxylic acids is 1. The first-order chi connectivity index (χ1) is 11.9. The first kappa shape index (κ1) is 18.0. The van der Waals surface area contributed by atoms with Crippen molar-refractivity contribution in [3.63, 3.8) is 0 Å². The quantitative estimate of drug-likeness (QED) is 0.635. The average Bonchev–Trinajstić information content (AvgIpc) is 2.61. The largest absolute Gasteiger partial charge is 0.478 e. The second-order valence-corrected chi connectivity index (χ2v) is 5.15. The normalized spacial score (nSPS) is 11.1. The number of nitrogens with one attached hydrogen (secondary N) is 1. The lowest BCUT2D eigenvalue weighted by Crippen LogP contribution is -2.17. The van der Waals surface area contributed by atoms with E-state index in [1.807, 2.05) is 0 Å². The monoisotopic (exact) mass is 343 g/mol. The van der Waals surface area contributed by atoms with Gasteiger partial charge in [0.2, 0.25) is 0 Å². The highest BCUT2D eigenvalue weighted by Crippen LogP contribution is 2.31. The molecule has 0 aliphatic heterocycles. The van der Waals surface area contributed by atoms with Crippen LogP contribution in [0.2, 0.25) is 0 Å². The molecule has 2 aromatic rings. The van der Waals surface area contributed by atoms with Crippen molar-refractivity contribution in [1.29, 1.82) is 0 Å². The number of carbonyl (C=O) groups is 3. The molecule has 0 spiro atoms. The maximum atomic E-state index is 12.0. The second kappa shape index (κ2) is 7.48. The summed E-state index contributed by atoms with van der Waals surface area (Å²) in [5.41, 5.74) is 0.746.